The lowest BCUT2D eigenvalue weighted by Gasteiger charge is -2.17. The summed E-state index contributed by atoms with van der Waals surface area (Å²) in [5.41, 5.74) is 1.74. The standard InChI is InChI=1S/C19H15ClN2OS2/c1-10-6-7-11-13(9-21)19(25-15(11)8-10)22-18(23)17-16(20)12-4-2-3-5-14(12)24-17/h2-5,10H,6-8H2,1H3,(H,22,23). The van der Waals surface area contributed by atoms with Gasteiger partial charge in [-0.05, 0) is 36.8 Å². The number of nitrogens with zero attached hydrogens (tertiary/aromatic N) is 1. The van der Waals surface area contributed by atoms with Crippen LogP contribution >= 0.6 is 34.3 Å². The van der Waals surface area contributed by atoms with Crippen LogP contribution in [0.1, 0.15) is 39.0 Å². The molecule has 2 aromatic heterocycles. The first-order valence-corrected chi connectivity index (χ1v) is 10.1. The molecule has 0 saturated carbocycles. The zero-order valence-corrected chi connectivity index (χ0v) is 15.9. The first-order valence-electron chi connectivity index (χ1n) is 8.11. The van der Waals surface area contributed by atoms with Gasteiger partial charge in [0.1, 0.15) is 15.9 Å². The van der Waals surface area contributed by atoms with Gasteiger partial charge >= 0.3 is 0 Å². The number of amides is 1. The number of nitriles is 1. The normalized spacial score (nSPS) is 16.4. The number of halogens is 1. The number of hydrogen-bond donors (Lipinski definition) is 1. The minimum Gasteiger partial charge on any atom is -0.312 e. The van der Waals surface area contributed by atoms with Crippen LogP contribution in [0.15, 0.2) is 24.3 Å². The maximum absolute atomic E-state index is 12.8. The lowest BCUT2D eigenvalue weighted by Crippen LogP contribution is -2.11. The molecule has 0 radical (unpaired) electrons. The van der Waals surface area contributed by atoms with Crippen LogP contribution in [-0.4, -0.2) is 5.91 Å². The van der Waals surface area contributed by atoms with Crippen molar-refractivity contribution in [2.45, 2.75) is 26.2 Å². The zero-order valence-electron chi connectivity index (χ0n) is 13.6. The van der Waals surface area contributed by atoms with Crippen LogP contribution in [0.4, 0.5) is 5.00 Å². The highest BCUT2D eigenvalue weighted by Crippen LogP contribution is 2.40. The van der Waals surface area contributed by atoms with Crippen LogP contribution in [0.2, 0.25) is 5.02 Å². The Hall–Kier alpha value is -1.87. The highest BCUT2D eigenvalue weighted by molar-refractivity contribution is 7.22. The van der Waals surface area contributed by atoms with Gasteiger partial charge < -0.3 is 5.32 Å². The molecule has 1 aliphatic carbocycles. The van der Waals surface area contributed by atoms with Crippen LogP contribution in [-0.2, 0) is 12.8 Å². The van der Waals surface area contributed by atoms with Crippen molar-refractivity contribution in [3.05, 3.63) is 50.2 Å². The predicted molar refractivity (Wildman–Crippen MR) is 105 cm³/mol. The van der Waals surface area contributed by atoms with E-state index in [0.717, 1.165) is 34.9 Å². The van der Waals surface area contributed by atoms with E-state index in [4.69, 9.17) is 11.6 Å². The summed E-state index contributed by atoms with van der Waals surface area (Å²) in [6.07, 6.45) is 2.98. The van der Waals surface area contributed by atoms with Crippen molar-refractivity contribution in [2.75, 3.05) is 5.32 Å². The van der Waals surface area contributed by atoms with E-state index < -0.39 is 0 Å². The number of carbonyl (C=O) groups is 1. The molecule has 0 fully saturated rings. The first-order chi connectivity index (χ1) is 12.1. The van der Waals surface area contributed by atoms with Gasteiger partial charge in [0.2, 0.25) is 0 Å². The van der Waals surface area contributed by atoms with Crippen molar-refractivity contribution in [3.8, 4) is 6.07 Å². The smallest absolute Gasteiger partial charge is 0.267 e. The Morgan fingerprint density at radius 3 is 2.92 bits per heavy atom. The molecule has 1 aromatic carbocycles. The van der Waals surface area contributed by atoms with E-state index >= 15 is 0 Å². The first kappa shape index (κ1) is 16.6. The van der Waals surface area contributed by atoms with Crippen LogP contribution in [0.5, 0.6) is 0 Å². The number of rotatable bonds is 2. The summed E-state index contributed by atoms with van der Waals surface area (Å²) in [5, 5.41) is 14.5. The molecule has 25 heavy (non-hydrogen) atoms. The van der Waals surface area contributed by atoms with E-state index in [1.54, 1.807) is 0 Å². The van der Waals surface area contributed by atoms with Gasteiger partial charge in [0.25, 0.3) is 5.91 Å². The van der Waals surface area contributed by atoms with E-state index in [-0.39, 0.29) is 5.91 Å². The van der Waals surface area contributed by atoms with Crippen molar-refractivity contribution in [2.24, 2.45) is 5.92 Å². The quantitative estimate of drug-likeness (QED) is 0.599. The molecule has 126 valence electrons. The molecule has 6 heteroatoms. The summed E-state index contributed by atoms with van der Waals surface area (Å²) >= 11 is 9.31. The molecule has 0 bridgehead atoms. The van der Waals surface area contributed by atoms with Gasteiger partial charge in [-0.1, -0.05) is 36.7 Å². The Balaban J connectivity index is 1.69. The molecule has 4 rings (SSSR count). The average molecular weight is 387 g/mol. The minimum atomic E-state index is -0.241. The Kier molecular flexibility index (Phi) is 4.28. The lowest BCUT2D eigenvalue weighted by atomic mass is 9.89. The Morgan fingerprint density at radius 2 is 2.16 bits per heavy atom. The number of anilines is 1. The second kappa shape index (κ2) is 6.45. The minimum absolute atomic E-state index is 0.241. The number of nitrogens with one attached hydrogen (secondary N) is 1. The van der Waals surface area contributed by atoms with Crippen molar-refractivity contribution in [1.82, 2.24) is 0 Å². The van der Waals surface area contributed by atoms with Crippen LogP contribution in [0.25, 0.3) is 10.1 Å². The third-order valence-electron chi connectivity index (χ3n) is 4.59. The molecule has 1 N–H and O–H groups in total. The number of thiophene rings is 2. The number of carbonyl (C=O) groups excluding carboxylic acids is 1. The molecular formula is C19H15ClN2OS2. The van der Waals surface area contributed by atoms with E-state index in [2.05, 4.69) is 18.3 Å². The van der Waals surface area contributed by atoms with E-state index in [1.165, 1.54) is 27.6 Å². The van der Waals surface area contributed by atoms with E-state index in [0.29, 0.717) is 26.4 Å². The number of fused-ring (bicyclic) bond motifs is 2. The highest BCUT2D eigenvalue weighted by Gasteiger charge is 2.26. The van der Waals surface area contributed by atoms with Gasteiger partial charge in [0.05, 0.1) is 10.6 Å². The molecule has 2 heterocycles. The Bertz CT molecular complexity index is 1030. The van der Waals surface area contributed by atoms with Gasteiger partial charge in [0, 0.05) is 15.0 Å². The summed E-state index contributed by atoms with van der Waals surface area (Å²) in [6, 6.07) is 9.99. The third kappa shape index (κ3) is 2.85. The van der Waals surface area contributed by atoms with Crippen molar-refractivity contribution < 1.29 is 4.79 Å². The molecular weight excluding hydrogens is 372 g/mol. The maximum atomic E-state index is 12.8. The second-order valence-electron chi connectivity index (χ2n) is 6.36. The molecule has 3 nitrogen and oxygen atoms in total. The summed E-state index contributed by atoms with van der Waals surface area (Å²) in [6.45, 7) is 2.23. The highest BCUT2D eigenvalue weighted by atomic mass is 35.5. The predicted octanol–water partition coefficient (Wildman–Crippen LogP) is 5.86. The van der Waals surface area contributed by atoms with Crippen LogP contribution < -0.4 is 5.32 Å². The third-order valence-corrected chi connectivity index (χ3v) is 7.44. The molecule has 3 aromatic rings. The fraction of sp³-hybridized carbons (Fsp3) is 0.263. The maximum Gasteiger partial charge on any atom is 0.267 e. The van der Waals surface area contributed by atoms with E-state index in [1.807, 2.05) is 24.3 Å². The fourth-order valence-electron chi connectivity index (χ4n) is 3.28. The fourth-order valence-corrected chi connectivity index (χ4v) is 6.05. The zero-order chi connectivity index (χ0) is 17.6. The van der Waals surface area contributed by atoms with Gasteiger partial charge in [-0.25, -0.2) is 0 Å². The Morgan fingerprint density at radius 1 is 1.36 bits per heavy atom. The summed E-state index contributed by atoms with van der Waals surface area (Å²) < 4.78 is 0.984. The number of hydrogen-bond acceptors (Lipinski definition) is 4. The van der Waals surface area contributed by atoms with Crippen LogP contribution in [0, 0.1) is 17.2 Å². The Labute approximate surface area is 158 Å². The summed E-state index contributed by atoms with van der Waals surface area (Å²) in [4.78, 5) is 14.5. The van der Waals surface area contributed by atoms with Gasteiger partial charge in [-0.2, -0.15) is 5.26 Å². The summed E-state index contributed by atoms with van der Waals surface area (Å²) in [5.74, 6) is 0.382. The van der Waals surface area contributed by atoms with Gasteiger partial charge in [-0.15, -0.1) is 22.7 Å². The molecule has 1 amide bonds. The molecule has 1 aliphatic rings. The van der Waals surface area contributed by atoms with Crippen molar-refractivity contribution in [3.63, 3.8) is 0 Å². The SMILES string of the molecule is CC1CCc2c(sc(NC(=O)c3sc4ccccc4c3Cl)c2C#N)C1. The molecule has 1 unspecified atom stereocenters. The summed E-state index contributed by atoms with van der Waals surface area (Å²) in [7, 11) is 0. The topological polar surface area (TPSA) is 52.9 Å². The molecule has 0 spiro atoms. The molecule has 0 aliphatic heterocycles. The van der Waals surface area contributed by atoms with Crippen LogP contribution in [0.3, 0.4) is 0 Å². The van der Waals surface area contributed by atoms with Gasteiger partial charge in [0.15, 0.2) is 0 Å². The second-order valence-corrected chi connectivity index (χ2v) is 8.90. The largest absolute Gasteiger partial charge is 0.312 e. The average Bonchev–Trinajstić information content (AvgIpc) is 3.12. The van der Waals surface area contributed by atoms with Crippen molar-refractivity contribution in [1.29, 1.82) is 5.26 Å². The molecule has 1 atom stereocenters. The van der Waals surface area contributed by atoms with Crippen molar-refractivity contribution >= 4 is 55.3 Å². The number of benzene rings is 1. The molecule has 0 saturated heterocycles. The lowest BCUT2D eigenvalue weighted by molar-refractivity contribution is 0.103. The monoisotopic (exact) mass is 386 g/mol. The van der Waals surface area contributed by atoms with E-state index in [9.17, 15) is 10.1 Å². The van der Waals surface area contributed by atoms with Gasteiger partial charge in [-0.3, -0.25) is 4.79 Å².